The number of rotatable bonds is 3. The molecule has 122 valence electrons. The van der Waals surface area contributed by atoms with Crippen molar-refractivity contribution in [2.45, 2.75) is 6.92 Å². The number of anilines is 1. The topological polar surface area (TPSA) is 42.2 Å². The van der Waals surface area contributed by atoms with Gasteiger partial charge in [0.15, 0.2) is 5.76 Å². The van der Waals surface area contributed by atoms with Gasteiger partial charge in [0.1, 0.15) is 5.76 Å². The van der Waals surface area contributed by atoms with Crippen molar-refractivity contribution in [2.24, 2.45) is 0 Å². The minimum Gasteiger partial charge on any atom is -0.451 e. The maximum absolute atomic E-state index is 12.3. The third-order valence-electron chi connectivity index (χ3n) is 3.46. The first-order valence-electron chi connectivity index (χ1n) is 7.07. The Balaban J connectivity index is 1.83. The molecule has 2 aromatic carbocycles. The zero-order valence-corrected chi connectivity index (χ0v) is 15.7. The second-order valence-corrected chi connectivity index (χ2v) is 6.82. The Labute approximate surface area is 157 Å². The summed E-state index contributed by atoms with van der Waals surface area (Å²) in [7, 11) is 0. The summed E-state index contributed by atoms with van der Waals surface area (Å²) < 4.78 is 6.61. The molecule has 1 N–H and O–H groups in total. The lowest BCUT2D eigenvalue weighted by Gasteiger charge is -2.06. The lowest BCUT2D eigenvalue weighted by atomic mass is 10.2. The van der Waals surface area contributed by atoms with Crippen LogP contribution in [0, 0.1) is 6.92 Å². The molecule has 0 spiro atoms. The van der Waals surface area contributed by atoms with E-state index in [4.69, 9.17) is 27.6 Å². The van der Waals surface area contributed by atoms with Gasteiger partial charge in [0.2, 0.25) is 0 Å². The summed E-state index contributed by atoms with van der Waals surface area (Å²) in [4.78, 5) is 12.3. The molecule has 0 radical (unpaired) electrons. The zero-order valence-electron chi connectivity index (χ0n) is 12.6. The average molecular weight is 425 g/mol. The van der Waals surface area contributed by atoms with E-state index in [1.807, 2.05) is 25.1 Å². The van der Waals surface area contributed by atoms with Crippen molar-refractivity contribution in [1.82, 2.24) is 0 Å². The van der Waals surface area contributed by atoms with Gasteiger partial charge in [0, 0.05) is 15.7 Å². The van der Waals surface area contributed by atoms with Crippen molar-refractivity contribution in [2.75, 3.05) is 5.32 Å². The fourth-order valence-electron chi connectivity index (χ4n) is 2.21. The summed E-state index contributed by atoms with van der Waals surface area (Å²) in [6, 6.07) is 14.1. The zero-order chi connectivity index (χ0) is 17.3. The van der Waals surface area contributed by atoms with E-state index in [1.54, 1.807) is 30.3 Å². The van der Waals surface area contributed by atoms with Gasteiger partial charge in [-0.1, -0.05) is 45.2 Å². The first-order valence-corrected chi connectivity index (χ1v) is 8.62. The maximum atomic E-state index is 12.3. The van der Waals surface area contributed by atoms with Crippen LogP contribution < -0.4 is 5.32 Å². The SMILES string of the molecule is Cc1cc(NC(=O)c2ccc(-c3cccc(Cl)c3Cl)o2)ccc1Br. The molecule has 3 aromatic rings. The molecule has 1 heterocycles. The summed E-state index contributed by atoms with van der Waals surface area (Å²) in [5.41, 5.74) is 2.36. The molecule has 3 nitrogen and oxygen atoms in total. The van der Waals surface area contributed by atoms with Gasteiger partial charge in [0.05, 0.1) is 10.0 Å². The average Bonchev–Trinajstić information content (AvgIpc) is 3.03. The molecule has 0 saturated heterocycles. The van der Waals surface area contributed by atoms with E-state index in [0.29, 0.717) is 27.1 Å². The Kier molecular flexibility index (Phi) is 4.99. The maximum Gasteiger partial charge on any atom is 0.291 e. The molecule has 1 aromatic heterocycles. The lowest BCUT2D eigenvalue weighted by Crippen LogP contribution is -2.10. The van der Waals surface area contributed by atoms with E-state index >= 15 is 0 Å². The van der Waals surface area contributed by atoms with Crippen molar-refractivity contribution in [3.05, 3.63) is 74.4 Å². The number of amides is 1. The predicted octanol–water partition coefficient (Wildman–Crippen LogP) is 6.58. The monoisotopic (exact) mass is 423 g/mol. The number of furan rings is 1. The molecule has 24 heavy (non-hydrogen) atoms. The molecule has 0 aliphatic rings. The highest BCUT2D eigenvalue weighted by Gasteiger charge is 2.15. The van der Waals surface area contributed by atoms with E-state index in [9.17, 15) is 4.79 Å². The normalized spacial score (nSPS) is 10.7. The van der Waals surface area contributed by atoms with Crippen LogP contribution in [0.4, 0.5) is 5.69 Å². The molecule has 0 aliphatic carbocycles. The van der Waals surface area contributed by atoms with Crippen LogP contribution in [-0.2, 0) is 0 Å². The predicted molar refractivity (Wildman–Crippen MR) is 101 cm³/mol. The number of aryl methyl sites for hydroxylation is 1. The van der Waals surface area contributed by atoms with Crippen LogP contribution in [-0.4, -0.2) is 5.91 Å². The summed E-state index contributed by atoms with van der Waals surface area (Å²) in [5.74, 6) is 0.349. The molecular formula is C18H12BrCl2NO2. The molecule has 1 amide bonds. The Morgan fingerprint density at radius 2 is 1.92 bits per heavy atom. The van der Waals surface area contributed by atoms with Gasteiger partial charge in [0.25, 0.3) is 5.91 Å². The largest absolute Gasteiger partial charge is 0.451 e. The van der Waals surface area contributed by atoms with E-state index < -0.39 is 0 Å². The summed E-state index contributed by atoms with van der Waals surface area (Å²) in [6.45, 7) is 1.95. The number of halogens is 3. The van der Waals surface area contributed by atoms with E-state index in [0.717, 1.165) is 10.0 Å². The first-order chi connectivity index (χ1) is 11.5. The summed E-state index contributed by atoms with van der Waals surface area (Å²) in [5, 5.41) is 3.63. The van der Waals surface area contributed by atoms with Crippen LogP contribution >= 0.6 is 39.1 Å². The van der Waals surface area contributed by atoms with Crippen molar-refractivity contribution >= 4 is 50.7 Å². The number of benzene rings is 2. The number of hydrogen-bond acceptors (Lipinski definition) is 2. The van der Waals surface area contributed by atoms with Gasteiger partial charge >= 0.3 is 0 Å². The molecule has 0 atom stereocenters. The van der Waals surface area contributed by atoms with Crippen LogP contribution in [0.25, 0.3) is 11.3 Å². The van der Waals surface area contributed by atoms with Crippen molar-refractivity contribution in [1.29, 1.82) is 0 Å². The van der Waals surface area contributed by atoms with Gasteiger partial charge in [-0.2, -0.15) is 0 Å². The van der Waals surface area contributed by atoms with Gasteiger partial charge in [-0.3, -0.25) is 4.79 Å². The fraction of sp³-hybridized carbons (Fsp3) is 0.0556. The summed E-state index contributed by atoms with van der Waals surface area (Å²) in [6.07, 6.45) is 0. The van der Waals surface area contributed by atoms with E-state index in [-0.39, 0.29) is 11.7 Å². The Morgan fingerprint density at radius 1 is 1.12 bits per heavy atom. The molecular weight excluding hydrogens is 413 g/mol. The van der Waals surface area contributed by atoms with Crippen LogP contribution in [0.2, 0.25) is 10.0 Å². The van der Waals surface area contributed by atoms with Crippen LogP contribution in [0.5, 0.6) is 0 Å². The second kappa shape index (κ2) is 7.01. The Hall–Kier alpha value is -1.75. The molecule has 0 saturated carbocycles. The second-order valence-electron chi connectivity index (χ2n) is 5.18. The smallest absolute Gasteiger partial charge is 0.291 e. The molecule has 3 rings (SSSR count). The molecule has 6 heteroatoms. The standard InChI is InChI=1S/C18H12BrCl2NO2/c1-10-9-11(5-6-13(10)19)22-18(23)16-8-7-15(24-16)12-3-2-4-14(20)17(12)21/h2-9H,1H3,(H,22,23). The van der Waals surface area contributed by atoms with Gasteiger partial charge in [-0.25, -0.2) is 0 Å². The molecule has 0 aliphatic heterocycles. The fourth-order valence-corrected chi connectivity index (χ4v) is 2.85. The minimum absolute atomic E-state index is 0.196. The lowest BCUT2D eigenvalue weighted by molar-refractivity contribution is 0.0997. The number of carbonyl (C=O) groups excluding carboxylic acids is 1. The molecule has 0 unspecified atom stereocenters. The van der Waals surface area contributed by atoms with Crippen LogP contribution in [0.1, 0.15) is 16.1 Å². The van der Waals surface area contributed by atoms with Crippen molar-refractivity contribution in [3.8, 4) is 11.3 Å². The van der Waals surface area contributed by atoms with Crippen LogP contribution in [0.3, 0.4) is 0 Å². The molecule has 0 fully saturated rings. The van der Waals surface area contributed by atoms with Crippen molar-refractivity contribution < 1.29 is 9.21 Å². The van der Waals surface area contributed by atoms with Gasteiger partial charge in [-0.05, 0) is 55.0 Å². The molecule has 0 bridgehead atoms. The van der Waals surface area contributed by atoms with Crippen LogP contribution in [0.15, 0.2) is 57.4 Å². The van der Waals surface area contributed by atoms with E-state index in [1.165, 1.54) is 0 Å². The number of carbonyl (C=O) groups is 1. The Bertz CT molecular complexity index is 921. The highest BCUT2D eigenvalue weighted by atomic mass is 79.9. The highest BCUT2D eigenvalue weighted by Crippen LogP contribution is 2.34. The minimum atomic E-state index is -0.332. The third-order valence-corrected chi connectivity index (χ3v) is 5.17. The first kappa shape index (κ1) is 17.1. The summed E-state index contributed by atoms with van der Waals surface area (Å²) >= 11 is 15.6. The van der Waals surface area contributed by atoms with Crippen molar-refractivity contribution in [3.63, 3.8) is 0 Å². The van der Waals surface area contributed by atoms with Gasteiger partial charge in [-0.15, -0.1) is 0 Å². The highest BCUT2D eigenvalue weighted by molar-refractivity contribution is 9.10. The number of nitrogens with one attached hydrogen (secondary N) is 1. The van der Waals surface area contributed by atoms with Gasteiger partial charge < -0.3 is 9.73 Å². The number of hydrogen-bond donors (Lipinski definition) is 1. The third kappa shape index (κ3) is 3.51. The van der Waals surface area contributed by atoms with E-state index in [2.05, 4.69) is 21.2 Å². The quantitative estimate of drug-likeness (QED) is 0.516. The Morgan fingerprint density at radius 3 is 2.67 bits per heavy atom.